The smallest absolute Gasteiger partial charge is 0.870 e. The summed E-state index contributed by atoms with van der Waals surface area (Å²) >= 11 is 0. The summed E-state index contributed by atoms with van der Waals surface area (Å²) in [6, 6.07) is 3.98. The standard InChI is InChI=1S/C6H5NO5S.2Na.H2O/c8-7(9)5-2-1-3-6(4-5)13(10,11)12;;;/h1-4H,(H,10,11,12);;;1H2/q;2*+1;/p-2. The molecular weight excluding hydrogens is 260 g/mol. The van der Waals surface area contributed by atoms with Crippen molar-refractivity contribution in [2.24, 2.45) is 0 Å². The van der Waals surface area contributed by atoms with Gasteiger partial charge in [-0.05, 0) is 6.07 Å². The van der Waals surface area contributed by atoms with E-state index in [1.807, 2.05) is 0 Å². The van der Waals surface area contributed by atoms with E-state index in [9.17, 15) is 23.1 Å². The van der Waals surface area contributed by atoms with Crippen molar-refractivity contribution < 1.29 is 82.5 Å². The normalized spacial score (nSPS) is 9.06. The Morgan fingerprint density at radius 1 is 1.19 bits per heavy atom. The predicted molar refractivity (Wildman–Crippen MR) is 43.0 cm³/mol. The van der Waals surface area contributed by atoms with Crippen LogP contribution in [0.5, 0.6) is 0 Å². The second-order valence-electron chi connectivity index (χ2n) is 2.21. The zero-order chi connectivity index (χ0) is 10.1. The number of benzene rings is 1. The summed E-state index contributed by atoms with van der Waals surface area (Å²) < 4.78 is 31.3. The molecule has 1 aromatic rings. The molecule has 0 amide bonds. The van der Waals surface area contributed by atoms with Crippen LogP contribution >= 0.6 is 0 Å². The van der Waals surface area contributed by atoms with E-state index >= 15 is 0 Å². The number of nitro benzene ring substituents is 1. The summed E-state index contributed by atoms with van der Waals surface area (Å²) in [4.78, 5) is 8.82. The Morgan fingerprint density at radius 2 is 1.69 bits per heavy atom. The summed E-state index contributed by atoms with van der Waals surface area (Å²) in [7, 11) is -4.61. The molecule has 0 aliphatic rings. The minimum Gasteiger partial charge on any atom is -0.870 e. The minimum absolute atomic E-state index is 0. The monoisotopic (exact) mass is 265 g/mol. The number of hydrogen-bond acceptors (Lipinski definition) is 6. The molecule has 0 spiro atoms. The van der Waals surface area contributed by atoms with Crippen molar-refractivity contribution in [3.63, 3.8) is 0 Å². The van der Waals surface area contributed by atoms with Crippen LogP contribution in [0.1, 0.15) is 0 Å². The van der Waals surface area contributed by atoms with E-state index in [4.69, 9.17) is 0 Å². The Balaban J connectivity index is -0.000000563. The van der Waals surface area contributed by atoms with Crippen molar-refractivity contribution >= 4 is 15.8 Å². The van der Waals surface area contributed by atoms with Crippen molar-refractivity contribution in [1.29, 1.82) is 0 Å². The van der Waals surface area contributed by atoms with Crippen LogP contribution < -0.4 is 59.1 Å². The van der Waals surface area contributed by atoms with Gasteiger partial charge in [-0.3, -0.25) is 10.1 Å². The van der Waals surface area contributed by atoms with Gasteiger partial charge in [0.25, 0.3) is 5.69 Å². The van der Waals surface area contributed by atoms with Crippen LogP contribution in [0, 0.1) is 10.1 Å². The average molecular weight is 265 g/mol. The molecule has 1 N–H and O–H groups in total. The van der Waals surface area contributed by atoms with Gasteiger partial charge in [0.05, 0.1) is 9.82 Å². The fourth-order valence-electron chi connectivity index (χ4n) is 0.753. The molecule has 1 rings (SSSR count). The topological polar surface area (TPSA) is 130 Å². The third kappa shape index (κ3) is 6.28. The van der Waals surface area contributed by atoms with Gasteiger partial charge in [-0.2, -0.15) is 0 Å². The first-order valence-corrected chi connectivity index (χ1v) is 4.52. The molecule has 7 nitrogen and oxygen atoms in total. The van der Waals surface area contributed by atoms with Gasteiger partial charge in [0, 0.05) is 12.1 Å². The van der Waals surface area contributed by atoms with Crippen LogP contribution in [0.25, 0.3) is 0 Å². The molecule has 0 aliphatic carbocycles. The predicted octanol–water partition coefficient (Wildman–Crippen LogP) is -5.67. The molecule has 0 fully saturated rings. The Bertz CT molecular complexity index is 448. The van der Waals surface area contributed by atoms with E-state index in [2.05, 4.69) is 0 Å². The first-order chi connectivity index (χ1) is 5.91. The molecule has 0 atom stereocenters. The number of rotatable bonds is 2. The maximum Gasteiger partial charge on any atom is 1.00 e. The molecule has 10 heteroatoms. The summed E-state index contributed by atoms with van der Waals surface area (Å²) in [5.74, 6) is 0. The van der Waals surface area contributed by atoms with Crippen molar-refractivity contribution in [1.82, 2.24) is 0 Å². The Kier molecular flexibility index (Phi) is 11.6. The third-order valence-electron chi connectivity index (χ3n) is 1.32. The largest absolute Gasteiger partial charge is 1.00 e. The van der Waals surface area contributed by atoms with Crippen LogP contribution in [0.3, 0.4) is 0 Å². The molecule has 0 heterocycles. The van der Waals surface area contributed by atoms with Gasteiger partial charge < -0.3 is 10.0 Å². The van der Waals surface area contributed by atoms with Gasteiger partial charge in [0.15, 0.2) is 0 Å². The molecular formula is C6H5NNa2O6S. The molecule has 0 bridgehead atoms. The van der Waals surface area contributed by atoms with Crippen LogP contribution in [0.4, 0.5) is 5.69 Å². The fourth-order valence-corrected chi connectivity index (χ4v) is 1.26. The Hall–Kier alpha value is 0.490. The SMILES string of the molecule is O=[N+]([O-])c1cccc(S(=O)(=O)[O-])c1.[Na+].[Na+].[OH-]. The molecule has 0 radical (unpaired) electrons. The zero-order valence-corrected chi connectivity index (χ0v) is 13.5. The zero-order valence-electron chi connectivity index (χ0n) is 8.65. The van der Waals surface area contributed by atoms with E-state index in [-0.39, 0.29) is 64.6 Å². The second-order valence-corrected chi connectivity index (χ2v) is 3.59. The number of hydrogen-bond donors (Lipinski definition) is 0. The van der Waals surface area contributed by atoms with Gasteiger partial charge in [-0.1, -0.05) is 6.07 Å². The van der Waals surface area contributed by atoms with Gasteiger partial charge >= 0.3 is 59.1 Å². The maximum absolute atomic E-state index is 10.4. The second kappa shape index (κ2) is 8.56. The molecule has 0 unspecified atom stereocenters. The molecule has 0 aliphatic heterocycles. The van der Waals surface area contributed by atoms with Crippen LogP contribution in [-0.4, -0.2) is 23.4 Å². The van der Waals surface area contributed by atoms with Crippen LogP contribution in [-0.2, 0) is 10.1 Å². The van der Waals surface area contributed by atoms with E-state index in [1.54, 1.807) is 0 Å². The molecule has 0 aromatic heterocycles. The molecule has 0 saturated heterocycles. The molecule has 0 saturated carbocycles. The Morgan fingerprint density at radius 3 is 2.06 bits per heavy atom. The average Bonchev–Trinajstić information content (AvgIpc) is 2.03. The van der Waals surface area contributed by atoms with Crippen molar-refractivity contribution in [3.05, 3.63) is 34.4 Å². The molecule has 78 valence electrons. The summed E-state index contributed by atoms with van der Waals surface area (Å²) in [6.45, 7) is 0. The first kappa shape index (κ1) is 21.7. The first-order valence-electron chi connectivity index (χ1n) is 3.11. The van der Waals surface area contributed by atoms with Crippen LogP contribution in [0.2, 0.25) is 0 Å². The van der Waals surface area contributed by atoms with Gasteiger partial charge in [0.1, 0.15) is 10.1 Å². The van der Waals surface area contributed by atoms with Crippen molar-refractivity contribution in [2.45, 2.75) is 4.90 Å². The van der Waals surface area contributed by atoms with Crippen molar-refractivity contribution in [2.75, 3.05) is 0 Å². The van der Waals surface area contributed by atoms with Crippen LogP contribution in [0.15, 0.2) is 29.2 Å². The number of non-ortho nitro benzene ring substituents is 1. The minimum atomic E-state index is -4.61. The van der Waals surface area contributed by atoms with Crippen molar-refractivity contribution in [3.8, 4) is 0 Å². The third-order valence-corrected chi connectivity index (χ3v) is 2.15. The molecule has 16 heavy (non-hydrogen) atoms. The van der Waals surface area contributed by atoms with E-state index in [0.717, 1.165) is 24.3 Å². The van der Waals surface area contributed by atoms with E-state index < -0.39 is 25.6 Å². The number of nitro groups is 1. The fraction of sp³-hybridized carbons (Fsp3) is 0. The van der Waals surface area contributed by atoms with Gasteiger partial charge in [-0.15, -0.1) is 0 Å². The maximum atomic E-state index is 10.4. The number of nitrogens with zero attached hydrogens (tertiary/aromatic N) is 1. The summed E-state index contributed by atoms with van der Waals surface area (Å²) in [5, 5.41) is 10.2. The van der Waals surface area contributed by atoms with E-state index in [0.29, 0.717) is 0 Å². The quantitative estimate of drug-likeness (QED) is 0.227. The summed E-state index contributed by atoms with van der Waals surface area (Å²) in [5.41, 5.74) is -0.420. The van der Waals surface area contributed by atoms with Gasteiger partial charge in [-0.25, -0.2) is 8.42 Å². The van der Waals surface area contributed by atoms with E-state index in [1.165, 1.54) is 0 Å². The molecule has 1 aromatic carbocycles. The van der Waals surface area contributed by atoms with Gasteiger partial charge in [0.2, 0.25) is 0 Å². The Labute approximate surface area is 136 Å². The summed E-state index contributed by atoms with van der Waals surface area (Å²) in [6.07, 6.45) is 0.